The van der Waals surface area contributed by atoms with Crippen LogP contribution < -0.4 is 19.7 Å². The second kappa shape index (κ2) is 13.5. The summed E-state index contributed by atoms with van der Waals surface area (Å²) >= 11 is 0. The van der Waals surface area contributed by atoms with Crippen LogP contribution in [0.1, 0.15) is 74.1 Å². The van der Waals surface area contributed by atoms with Crippen molar-refractivity contribution in [1.82, 2.24) is 0 Å². The maximum absolute atomic E-state index is 13.3. The molecule has 0 saturated carbocycles. The number of unbranched alkanes of at least 4 members (excludes halogenated alkanes) is 6. The van der Waals surface area contributed by atoms with Crippen LogP contribution in [0.5, 0.6) is 11.5 Å². The first-order chi connectivity index (χ1) is 19.3. The fourth-order valence-electron chi connectivity index (χ4n) is 5.40. The van der Waals surface area contributed by atoms with Gasteiger partial charge in [0.25, 0.3) is 0 Å². The predicted octanol–water partition coefficient (Wildman–Crippen LogP) is 9.30. The van der Waals surface area contributed by atoms with Gasteiger partial charge < -0.3 is 0 Å². The monoisotopic (exact) mass is 556 g/mol. The van der Waals surface area contributed by atoms with E-state index in [-0.39, 0.29) is 0 Å². The standard InChI is InChI=1S/C36H45O3P/c1-5-6-7-8-9-10-11-21-32-25-27-33(28-26-32)38-40(37,35-23-16-13-19-30(35)3,36-24-17-14-20-31(36)4)39-34-22-15-12-18-29(34)2/h12-20,22-28,37H,5-11,21H2,1-4H3. The van der Waals surface area contributed by atoms with Gasteiger partial charge in [-0.3, -0.25) is 0 Å². The van der Waals surface area contributed by atoms with Gasteiger partial charge in [-0.1, -0.05) is 13.3 Å². The molecule has 0 aliphatic carbocycles. The van der Waals surface area contributed by atoms with Gasteiger partial charge in [0, 0.05) is 0 Å². The second-order valence-electron chi connectivity index (χ2n) is 11.0. The van der Waals surface area contributed by atoms with Gasteiger partial charge in [-0.05, 0) is 0 Å². The van der Waals surface area contributed by atoms with Crippen LogP contribution in [0, 0.1) is 20.8 Å². The van der Waals surface area contributed by atoms with Crippen LogP contribution in [0.25, 0.3) is 0 Å². The molecule has 0 spiro atoms. The third-order valence-corrected chi connectivity index (χ3v) is 11.5. The van der Waals surface area contributed by atoms with Crippen molar-refractivity contribution < 1.29 is 13.9 Å². The summed E-state index contributed by atoms with van der Waals surface area (Å²) in [5.74, 6) is 1.19. The normalized spacial score (nSPS) is 12.5. The molecule has 0 bridgehead atoms. The van der Waals surface area contributed by atoms with Crippen molar-refractivity contribution >= 4 is 17.9 Å². The summed E-state index contributed by atoms with van der Waals surface area (Å²) in [6, 6.07) is 31.7. The molecule has 0 unspecified atom stereocenters. The SMILES string of the molecule is CCCCCCCCCc1ccc(OP(O)(Oc2ccccc2C)(c2ccccc2C)c2ccccc2C)cc1. The molecule has 0 heterocycles. The summed E-state index contributed by atoms with van der Waals surface area (Å²) in [7, 11) is -4.74. The Hall–Kier alpha value is -3.13. The summed E-state index contributed by atoms with van der Waals surface area (Å²) in [5.41, 5.74) is 4.04. The van der Waals surface area contributed by atoms with Crippen molar-refractivity contribution in [1.29, 1.82) is 0 Å². The molecule has 4 heteroatoms. The average molecular weight is 557 g/mol. The van der Waals surface area contributed by atoms with Gasteiger partial charge in [0.15, 0.2) is 0 Å². The van der Waals surface area contributed by atoms with Crippen LogP contribution in [0.4, 0.5) is 0 Å². The Bertz CT molecular complexity index is 1330. The molecule has 0 saturated heterocycles. The minimum atomic E-state index is -4.74. The van der Waals surface area contributed by atoms with Crippen molar-refractivity contribution in [3.05, 3.63) is 119 Å². The molecule has 4 rings (SSSR count). The quantitative estimate of drug-likeness (QED) is 0.124. The molecule has 0 atom stereocenters. The van der Waals surface area contributed by atoms with E-state index in [0.29, 0.717) is 22.1 Å². The van der Waals surface area contributed by atoms with Gasteiger partial charge in [0.2, 0.25) is 0 Å². The van der Waals surface area contributed by atoms with Crippen LogP contribution in [-0.4, -0.2) is 4.89 Å². The van der Waals surface area contributed by atoms with Crippen LogP contribution in [-0.2, 0) is 6.42 Å². The molecule has 0 aliphatic heterocycles. The molecule has 0 aromatic heterocycles. The average Bonchev–Trinajstić information content (AvgIpc) is 2.95. The summed E-state index contributed by atoms with van der Waals surface area (Å²) in [6.45, 7) is 8.25. The van der Waals surface area contributed by atoms with E-state index in [0.717, 1.165) is 23.1 Å². The molecule has 40 heavy (non-hydrogen) atoms. The van der Waals surface area contributed by atoms with E-state index in [1.54, 1.807) is 0 Å². The van der Waals surface area contributed by atoms with Crippen molar-refractivity contribution in [3.8, 4) is 11.5 Å². The van der Waals surface area contributed by atoms with E-state index in [4.69, 9.17) is 9.05 Å². The Morgan fingerprint density at radius 3 is 1.60 bits per heavy atom. The van der Waals surface area contributed by atoms with Crippen LogP contribution in [0.2, 0.25) is 0 Å². The Kier molecular flexibility index (Phi) is 10.1. The number of para-hydroxylation sites is 1. The van der Waals surface area contributed by atoms with Crippen molar-refractivity contribution in [2.75, 3.05) is 0 Å². The summed E-state index contributed by atoms with van der Waals surface area (Å²) in [6.07, 6.45) is 10.1. The Morgan fingerprint density at radius 1 is 0.550 bits per heavy atom. The van der Waals surface area contributed by atoms with Crippen molar-refractivity contribution in [2.24, 2.45) is 0 Å². The zero-order valence-electron chi connectivity index (χ0n) is 24.6. The predicted molar refractivity (Wildman–Crippen MR) is 171 cm³/mol. The van der Waals surface area contributed by atoms with Gasteiger partial charge in [0.05, 0.1) is 0 Å². The fourth-order valence-corrected chi connectivity index (χ4v) is 9.26. The molecular formula is C36H45O3P. The number of rotatable bonds is 14. The molecule has 0 fully saturated rings. The van der Waals surface area contributed by atoms with E-state index in [9.17, 15) is 4.89 Å². The Balaban J connectivity index is 1.71. The fraction of sp³-hybridized carbons (Fsp3) is 0.333. The van der Waals surface area contributed by atoms with Gasteiger partial charge in [-0.25, -0.2) is 0 Å². The third kappa shape index (κ3) is 6.77. The molecule has 0 aliphatic rings. The van der Waals surface area contributed by atoms with Gasteiger partial charge >= 0.3 is 228 Å². The van der Waals surface area contributed by atoms with E-state index in [1.165, 1.54) is 50.5 Å². The molecule has 212 valence electrons. The van der Waals surface area contributed by atoms with E-state index < -0.39 is 7.28 Å². The summed E-state index contributed by atoms with van der Waals surface area (Å²) in [4.78, 5) is 13.3. The van der Waals surface area contributed by atoms with E-state index in [1.807, 2.05) is 106 Å². The van der Waals surface area contributed by atoms with Crippen LogP contribution in [0.15, 0.2) is 97.1 Å². The second-order valence-corrected chi connectivity index (χ2v) is 14.1. The third-order valence-electron chi connectivity index (χ3n) is 7.71. The van der Waals surface area contributed by atoms with Gasteiger partial charge in [-0.2, -0.15) is 0 Å². The van der Waals surface area contributed by atoms with Crippen molar-refractivity contribution in [3.63, 3.8) is 0 Å². The molecule has 0 radical (unpaired) electrons. The maximum atomic E-state index is 13.3. The first-order valence-electron chi connectivity index (χ1n) is 14.8. The van der Waals surface area contributed by atoms with Gasteiger partial charge in [-0.15, -0.1) is 0 Å². The Morgan fingerprint density at radius 2 is 1.05 bits per heavy atom. The topological polar surface area (TPSA) is 38.7 Å². The number of hydrogen-bond donors (Lipinski definition) is 1. The molecule has 0 amide bonds. The molecule has 3 nitrogen and oxygen atoms in total. The van der Waals surface area contributed by atoms with E-state index in [2.05, 4.69) is 19.1 Å². The zero-order valence-corrected chi connectivity index (χ0v) is 25.5. The Labute approximate surface area is 241 Å². The summed E-state index contributed by atoms with van der Waals surface area (Å²) in [5, 5.41) is 1.33. The molecule has 4 aromatic carbocycles. The van der Waals surface area contributed by atoms with Crippen molar-refractivity contribution in [2.45, 2.75) is 79.1 Å². The van der Waals surface area contributed by atoms with Crippen LogP contribution >= 0.6 is 7.28 Å². The first-order valence-corrected chi connectivity index (χ1v) is 16.8. The van der Waals surface area contributed by atoms with Gasteiger partial charge in [0.1, 0.15) is 0 Å². The minimum absolute atomic E-state index is 0.587. The number of benzene rings is 4. The van der Waals surface area contributed by atoms with E-state index >= 15 is 0 Å². The van der Waals surface area contributed by atoms with Crippen LogP contribution in [0.3, 0.4) is 0 Å². The molecule has 1 N–H and O–H groups in total. The zero-order chi connectivity index (χ0) is 28.5. The summed E-state index contributed by atoms with van der Waals surface area (Å²) < 4.78 is 13.8. The molecule has 4 aromatic rings. The first kappa shape index (κ1) is 29.8. The number of aryl methyl sites for hydroxylation is 4. The molecular weight excluding hydrogens is 511 g/mol. The number of hydrogen-bond acceptors (Lipinski definition) is 3.